The summed E-state index contributed by atoms with van der Waals surface area (Å²) in [6.07, 6.45) is 1.60. The zero-order valence-electron chi connectivity index (χ0n) is 12.3. The van der Waals surface area contributed by atoms with E-state index in [2.05, 4.69) is 11.8 Å². The molecule has 6 heteroatoms. The van der Waals surface area contributed by atoms with Crippen molar-refractivity contribution in [3.8, 4) is 0 Å². The molecule has 0 unspecified atom stereocenters. The second-order valence-electron chi connectivity index (χ2n) is 5.80. The molecule has 3 aliphatic rings. The highest BCUT2D eigenvalue weighted by Gasteiger charge is 2.41. The van der Waals surface area contributed by atoms with Crippen LogP contribution < -0.4 is 0 Å². The van der Waals surface area contributed by atoms with E-state index in [4.69, 9.17) is 9.47 Å². The Hall–Kier alpha value is -0.850. The molecule has 20 heavy (non-hydrogen) atoms. The summed E-state index contributed by atoms with van der Waals surface area (Å²) in [6.45, 7) is 9.78. The summed E-state index contributed by atoms with van der Waals surface area (Å²) >= 11 is 0. The van der Waals surface area contributed by atoms with Crippen molar-refractivity contribution in [3.63, 3.8) is 0 Å². The van der Waals surface area contributed by atoms with E-state index in [9.17, 15) is 4.79 Å². The Morgan fingerprint density at radius 1 is 0.950 bits per heavy atom. The highest BCUT2D eigenvalue weighted by molar-refractivity contribution is 5.74. The molecule has 6 nitrogen and oxygen atoms in total. The van der Waals surface area contributed by atoms with Crippen molar-refractivity contribution in [3.05, 3.63) is 0 Å². The first kappa shape index (κ1) is 14.1. The minimum Gasteiger partial charge on any atom is -0.347 e. The van der Waals surface area contributed by atoms with Crippen molar-refractivity contribution in [2.75, 3.05) is 59.0 Å². The van der Waals surface area contributed by atoms with Gasteiger partial charge in [0.2, 0.25) is 0 Å². The molecule has 3 fully saturated rings. The molecule has 0 aromatic heterocycles. The molecule has 3 aliphatic heterocycles. The predicted molar refractivity (Wildman–Crippen MR) is 74.5 cm³/mol. The minimum absolute atomic E-state index is 0.189. The first-order chi connectivity index (χ1) is 9.72. The number of amides is 2. The smallest absolute Gasteiger partial charge is 0.320 e. The van der Waals surface area contributed by atoms with Crippen LogP contribution in [0.3, 0.4) is 0 Å². The number of nitrogens with zero attached hydrogens (tertiary/aromatic N) is 3. The number of piperazine rings is 1. The van der Waals surface area contributed by atoms with Crippen LogP contribution in [0.15, 0.2) is 0 Å². The van der Waals surface area contributed by atoms with E-state index in [-0.39, 0.29) is 6.03 Å². The molecular weight excluding hydrogens is 258 g/mol. The van der Waals surface area contributed by atoms with Crippen LogP contribution in [0.25, 0.3) is 0 Å². The molecule has 114 valence electrons. The lowest BCUT2D eigenvalue weighted by atomic mass is 10.0. The fourth-order valence-corrected chi connectivity index (χ4v) is 3.28. The lowest BCUT2D eigenvalue weighted by molar-refractivity contribution is -0.182. The van der Waals surface area contributed by atoms with E-state index in [1.165, 1.54) is 0 Å². The van der Waals surface area contributed by atoms with Crippen LogP contribution in [0.2, 0.25) is 0 Å². The molecule has 0 N–H and O–H groups in total. The third-order valence-corrected chi connectivity index (χ3v) is 4.70. The van der Waals surface area contributed by atoms with Crippen molar-refractivity contribution in [2.24, 2.45) is 0 Å². The van der Waals surface area contributed by atoms with Gasteiger partial charge in [-0.25, -0.2) is 4.79 Å². The topological polar surface area (TPSA) is 45.2 Å². The zero-order valence-corrected chi connectivity index (χ0v) is 12.3. The van der Waals surface area contributed by atoms with Crippen LogP contribution in [-0.4, -0.2) is 85.5 Å². The third-order valence-electron chi connectivity index (χ3n) is 4.70. The summed E-state index contributed by atoms with van der Waals surface area (Å²) in [4.78, 5) is 18.8. The number of carbonyl (C=O) groups is 1. The fourth-order valence-electron chi connectivity index (χ4n) is 3.28. The Bertz CT molecular complexity index is 340. The van der Waals surface area contributed by atoms with Crippen LogP contribution in [-0.2, 0) is 9.47 Å². The Morgan fingerprint density at radius 2 is 1.50 bits per heavy atom. The highest BCUT2D eigenvalue weighted by atomic mass is 16.7. The largest absolute Gasteiger partial charge is 0.347 e. The van der Waals surface area contributed by atoms with E-state index >= 15 is 0 Å². The van der Waals surface area contributed by atoms with E-state index in [1.807, 2.05) is 9.80 Å². The number of hydrogen-bond donors (Lipinski definition) is 0. The summed E-state index contributed by atoms with van der Waals surface area (Å²) < 4.78 is 11.4. The molecule has 3 rings (SSSR count). The lowest BCUT2D eigenvalue weighted by Crippen LogP contribution is -2.55. The van der Waals surface area contributed by atoms with Gasteiger partial charge >= 0.3 is 6.03 Å². The molecule has 0 radical (unpaired) electrons. The molecule has 0 bridgehead atoms. The predicted octanol–water partition coefficient (Wildman–Crippen LogP) is 0.583. The fraction of sp³-hybridized carbons (Fsp3) is 0.929. The summed E-state index contributed by atoms with van der Waals surface area (Å²) in [5.41, 5.74) is 0. The Kier molecular flexibility index (Phi) is 4.14. The van der Waals surface area contributed by atoms with Gasteiger partial charge in [0.15, 0.2) is 5.79 Å². The third kappa shape index (κ3) is 2.77. The number of rotatable bonds is 1. The van der Waals surface area contributed by atoms with Crippen molar-refractivity contribution in [1.29, 1.82) is 0 Å². The number of likely N-dealkylation sites (N-methyl/N-ethyl adjacent to an activating group) is 1. The number of likely N-dealkylation sites (tertiary alicyclic amines) is 1. The molecule has 0 saturated carbocycles. The van der Waals surface area contributed by atoms with E-state index in [0.29, 0.717) is 13.2 Å². The summed E-state index contributed by atoms with van der Waals surface area (Å²) in [7, 11) is 0. The molecule has 0 aromatic carbocycles. The second kappa shape index (κ2) is 5.87. The maximum atomic E-state index is 12.5. The van der Waals surface area contributed by atoms with Gasteiger partial charge in [0.25, 0.3) is 0 Å². The standard InChI is InChI=1S/C14H25N3O3/c1-2-15-7-9-17(10-8-15)13(18)16-5-3-14(4-6-16)19-11-12-20-14/h2-12H2,1H3. The molecule has 2 amide bonds. The zero-order chi connectivity index (χ0) is 14.0. The van der Waals surface area contributed by atoms with E-state index in [0.717, 1.165) is 58.7 Å². The first-order valence-corrected chi connectivity index (χ1v) is 7.76. The van der Waals surface area contributed by atoms with Crippen LogP contribution in [0.4, 0.5) is 4.79 Å². The van der Waals surface area contributed by atoms with Gasteiger partial charge in [0, 0.05) is 52.1 Å². The Morgan fingerprint density at radius 3 is 2.05 bits per heavy atom. The number of ether oxygens (including phenoxy) is 2. The summed E-state index contributed by atoms with van der Waals surface area (Å²) in [5, 5.41) is 0. The van der Waals surface area contributed by atoms with Gasteiger partial charge in [0.1, 0.15) is 0 Å². The average Bonchev–Trinajstić information content (AvgIpc) is 2.96. The van der Waals surface area contributed by atoms with Crippen molar-refractivity contribution < 1.29 is 14.3 Å². The lowest BCUT2D eigenvalue weighted by Gasteiger charge is -2.41. The van der Waals surface area contributed by atoms with E-state index in [1.54, 1.807) is 0 Å². The van der Waals surface area contributed by atoms with Gasteiger partial charge in [-0.2, -0.15) is 0 Å². The molecule has 3 saturated heterocycles. The van der Waals surface area contributed by atoms with Crippen LogP contribution >= 0.6 is 0 Å². The normalized spacial score (nSPS) is 27.2. The van der Waals surface area contributed by atoms with Crippen LogP contribution in [0.1, 0.15) is 19.8 Å². The molecule has 3 heterocycles. The van der Waals surface area contributed by atoms with Gasteiger partial charge < -0.3 is 24.2 Å². The summed E-state index contributed by atoms with van der Waals surface area (Å²) in [5.74, 6) is -0.391. The molecule has 0 atom stereocenters. The molecule has 1 spiro atoms. The van der Waals surface area contributed by atoms with Gasteiger partial charge in [-0.15, -0.1) is 0 Å². The molecular formula is C14H25N3O3. The van der Waals surface area contributed by atoms with Crippen molar-refractivity contribution in [2.45, 2.75) is 25.6 Å². The van der Waals surface area contributed by atoms with Crippen LogP contribution in [0.5, 0.6) is 0 Å². The van der Waals surface area contributed by atoms with E-state index < -0.39 is 5.79 Å². The van der Waals surface area contributed by atoms with Crippen molar-refractivity contribution in [1.82, 2.24) is 14.7 Å². The Balaban J connectivity index is 1.49. The Labute approximate surface area is 120 Å². The highest BCUT2D eigenvalue weighted by Crippen LogP contribution is 2.31. The molecule has 0 aromatic rings. The maximum absolute atomic E-state index is 12.5. The number of hydrogen-bond acceptors (Lipinski definition) is 4. The quantitative estimate of drug-likeness (QED) is 0.706. The van der Waals surface area contributed by atoms with Crippen molar-refractivity contribution >= 4 is 6.03 Å². The van der Waals surface area contributed by atoms with Crippen LogP contribution in [0, 0.1) is 0 Å². The number of piperidine rings is 1. The monoisotopic (exact) mass is 283 g/mol. The van der Waals surface area contributed by atoms with Gasteiger partial charge in [-0.3, -0.25) is 0 Å². The SMILES string of the molecule is CCN1CCN(C(=O)N2CCC3(CC2)OCCO3)CC1. The van der Waals surface area contributed by atoms with Gasteiger partial charge in [-0.1, -0.05) is 6.92 Å². The summed E-state index contributed by atoms with van der Waals surface area (Å²) in [6, 6.07) is 0.189. The number of carbonyl (C=O) groups excluding carboxylic acids is 1. The number of urea groups is 1. The maximum Gasteiger partial charge on any atom is 0.320 e. The molecule has 0 aliphatic carbocycles. The second-order valence-corrected chi connectivity index (χ2v) is 5.80. The minimum atomic E-state index is -0.391. The van der Waals surface area contributed by atoms with Gasteiger partial charge in [0.05, 0.1) is 13.2 Å². The first-order valence-electron chi connectivity index (χ1n) is 7.76. The average molecular weight is 283 g/mol. The van der Waals surface area contributed by atoms with Gasteiger partial charge in [-0.05, 0) is 6.54 Å².